The number of nitrogens with two attached hydrogens (primary N) is 1. The first-order valence-corrected chi connectivity index (χ1v) is 6.36. The van der Waals surface area contributed by atoms with Crippen LogP contribution in [-0.4, -0.2) is 23.4 Å². The quantitative estimate of drug-likeness (QED) is 0.838. The minimum absolute atomic E-state index is 0.0450. The van der Waals surface area contributed by atoms with Crippen LogP contribution in [0.3, 0.4) is 0 Å². The number of rotatable bonds is 4. The second-order valence-electron chi connectivity index (χ2n) is 4.50. The van der Waals surface area contributed by atoms with Gasteiger partial charge in [0.15, 0.2) is 0 Å². The molecule has 1 fully saturated rings. The van der Waals surface area contributed by atoms with Gasteiger partial charge in [-0.3, -0.25) is 4.79 Å². The van der Waals surface area contributed by atoms with E-state index in [-0.39, 0.29) is 5.91 Å². The molecule has 0 aliphatic heterocycles. The van der Waals surface area contributed by atoms with E-state index < -0.39 is 0 Å². The van der Waals surface area contributed by atoms with E-state index in [1.807, 2.05) is 4.90 Å². The molecule has 4 heteroatoms. The zero-order valence-corrected chi connectivity index (χ0v) is 10.7. The molecule has 17 heavy (non-hydrogen) atoms. The van der Waals surface area contributed by atoms with Crippen molar-refractivity contribution in [3.8, 4) is 0 Å². The van der Waals surface area contributed by atoms with Crippen LogP contribution in [0.15, 0.2) is 18.2 Å². The number of hydrogen-bond acceptors (Lipinski definition) is 2. The van der Waals surface area contributed by atoms with Crippen LogP contribution in [0.1, 0.15) is 36.5 Å². The van der Waals surface area contributed by atoms with Crippen molar-refractivity contribution in [2.45, 2.75) is 32.2 Å². The van der Waals surface area contributed by atoms with Crippen molar-refractivity contribution >= 4 is 23.2 Å². The van der Waals surface area contributed by atoms with Crippen molar-refractivity contribution in [1.82, 2.24) is 4.90 Å². The molecule has 2 N–H and O–H groups in total. The lowest BCUT2D eigenvalue weighted by molar-refractivity contribution is 0.0743. The van der Waals surface area contributed by atoms with E-state index in [0.29, 0.717) is 22.3 Å². The molecule has 2 rings (SSSR count). The van der Waals surface area contributed by atoms with Crippen molar-refractivity contribution in [3.05, 3.63) is 28.8 Å². The summed E-state index contributed by atoms with van der Waals surface area (Å²) in [7, 11) is 0. The summed E-state index contributed by atoms with van der Waals surface area (Å²) in [6, 6.07) is 5.45. The Morgan fingerprint density at radius 1 is 1.47 bits per heavy atom. The average Bonchev–Trinajstić information content (AvgIpc) is 3.07. The molecule has 1 saturated carbocycles. The Kier molecular flexibility index (Phi) is 3.57. The molecular formula is C13H17ClN2O. The minimum Gasteiger partial charge on any atom is -0.399 e. The summed E-state index contributed by atoms with van der Waals surface area (Å²) in [5.74, 6) is 0.0450. The van der Waals surface area contributed by atoms with Gasteiger partial charge in [-0.05, 0) is 37.5 Å². The second kappa shape index (κ2) is 4.96. The smallest absolute Gasteiger partial charge is 0.254 e. The largest absolute Gasteiger partial charge is 0.399 e. The normalized spacial score (nSPS) is 14.7. The highest BCUT2D eigenvalue weighted by molar-refractivity contribution is 6.31. The van der Waals surface area contributed by atoms with Gasteiger partial charge in [-0.25, -0.2) is 0 Å². The van der Waals surface area contributed by atoms with Crippen molar-refractivity contribution in [2.75, 3.05) is 12.3 Å². The summed E-state index contributed by atoms with van der Waals surface area (Å²) in [4.78, 5) is 14.3. The number of anilines is 1. The summed E-state index contributed by atoms with van der Waals surface area (Å²) in [6.45, 7) is 2.88. The first kappa shape index (κ1) is 12.2. The Labute approximate surface area is 107 Å². The number of hydrogen-bond donors (Lipinski definition) is 1. The van der Waals surface area contributed by atoms with E-state index in [9.17, 15) is 4.79 Å². The van der Waals surface area contributed by atoms with Gasteiger partial charge in [0.25, 0.3) is 5.91 Å². The monoisotopic (exact) mass is 252 g/mol. The third kappa shape index (κ3) is 2.91. The maximum absolute atomic E-state index is 12.3. The first-order chi connectivity index (χ1) is 8.11. The zero-order chi connectivity index (χ0) is 12.4. The molecule has 1 amide bonds. The van der Waals surface area contributed by atoms with Crippen molar-refractivity contribution < 1.29 is 4.79 Å². The number of carbonyl (C=O) groups excluding carboxylic acids is 1. The summed E-state index contributed by atoms with van der Waals surface area (Å²) < 4.78 is 0. The molecule has 1 aliphatic carbocycles. The van der Waals surface area contributed by atoms with Crippen LogP contribution < -0.4 is 5.73 Å². The van der Waals surface area contributed by atoms with Crippen molar-refractivity contribution in [1.29, 1.82) is 0 Å². The van der Waals surface area contributed by atoms with E-state index in [1.165, 1.54) is 0 Å². The molecule has 0 bridgehead atoms. The number of carbonyl (C=O) groups is 1. The summed E-state index contributed by atoms with van der Waals surface area (Å²) >= 11 is 5.92. The lowest BCUT2D eigenvalue weighted by Crippen LogP contribution is -2.33. The fourth-order valence-electron chi connectivity index (χ4n) is 1.98. The molecule has 0 atom stereocenters. The lowest BCUT2D eigenvalue weighted by atomic mass is 10.1. The molecule has 0 spiro atoms. The molecular weight excluding hydrogens is 236 g/mol. The molecule has 92 valence electrons. The van der Waals surface area contributed by atoms with E-state index in [2.05, 4.69) is 6.92 Å². The SMILES string of the molecule is CCCN(C(=O)c1cc(N)cc(Cl)c1)C1CC1. The molecule has 0 radical (unpaired) electrons. The maximum atomic E-state index is 12.3. The molecule has 1 aromatic rings. The van der Waals surface area contributed by atoms with Crippen molar-refractivity contribution in [2.24, 2.45) is 0 Å². The van der Waals surface area contributed by atoms with E-state index in [4.69, 9.17) is 17.3 Å². The van der Waals surface area contributed by atoms with Crippen LogP contribution in [0.2, 0.25) is 5.02 Å². The van der Waals surface area contributed by atoms with Gasteiger partial charge in [-0.2, -0.15) is 0 Å². The standard InChI is InChI=1S/C13H17ClN2O/c1-2-5-16(12-3-4-12)13(17)9-6-10(14)8-11(15)7-9/h6-8,12H,2-5,15H2,1H3. The van der Waals surface area contributed by atoms with Gasteiger partial charge in [0.2, 0.25) is 0 Å². The Morgan fingerprint density at radius 3 is 2.71 bits per heavy atom. The van der Waals surface area contributed by atoms with Gasteiger partial charge >= 0.3 is 0 Å². The molecule has 3 nitrogen and oxygen atoms in total. The molecule has 0 heterocycles. The van der Waals surface area contributed by atoms with E-state index in [1.54, 1.807) is 18.2 Å². The predicted octanol–water partition coefficient (Wildman–Crippen LogP) is 2.94. The minimum atomic E-state index is 0.0450. The van der Waals surface area contributed by atoms with E-state index in [0.717, 1.165) is 25.8 Å². The lowest BCUT2D eigenvalue weighted by Gasteiger charge is -2.22. The highest BCUT2D eigenvalue weighted by Gasteiger charge is 2.32. The van der Waals surface area contributed by atoms with Gasteiger partial charge in [0.1, 0.15) is 0 Å². The van der Waals surface area contributed by atoms with Crippen molar-refractivity contribution in [3.63, 3.8) is 0 Å². The second-order valence-corrected chi connectivity index (χ2v) is 4.94. The Bertz CT molecular complexity index is 409. The number of halogens is 1. The van der Waals surface area contributed by atoms with Gasteiger partial charge in [0, 0.05) is 28.9 Å². The van der Waals surface area contributed by atoms with Crippen LogP contribution in [0.4, 0.5) is 5.69 Å². The summed E-state index contributed by atoms with van der Waals surface area (Å²) in [6.07, 6.45) is 3.20. The zero-order valence-electron chi connectivity index (χ0n) is 9.95. The summed E-state index contributed by atoms with van der Waals surface area (Å²) in [5, 5.41) is 0.514. The molecule has 1 aliphatic rings. The first-order valence-electron chi connectivity index (χ1n) is 5.99. The van der Waals surface area contributed by atoms with Crippen LogP contribution in [0.5, 0.6) is 0 Å². The van der Waals surface area contributed by atoms with Crippen LogP contribution in [0.25, 0.3) is 0 Å². The van der Waals surface area contributed by atoms with Crippen LogP contribution >= 0.6 is 11.6 Å². The fraction of sp³-hybridized carbons (Fsp3) is 0.462. The van der Waals surface area contributed by atoms with E-state index >= 15 is 0 Å². The Balaban J connectivity index is 2.21. The third-order valence-corrected chi connectivity index (χ3v) is 3.10. The highest BCUT2D eigenvalue weighted by atomic mass is 35.5. The predicted molar refractivity (Wildman–Crippen MR) is 70.2 cm³/mol. The third-order valence-electron chi connectivity index (χ3n) is 2.88. The maximum Gasteiger partial charge on any atom is 0.254 e. The molecule has 1 aromatic carbocycles. The van der Waals surface area contributed by atoms with Gasteiger partial charge in [-0.1, -0.05) is 18.5 Å². The number of benzene rings is 1. The number of nitrogen functional groups attached to an aromatic ring is 1. The summed E-state index contributed by atoms with van der Waals surface area (Å²) in [5.41, 5.74) is 6.84. The number of amides is 1. The average molecular weight is 253 g/mol. The van der Waals surface area contributed by atoms with Gasteiger partial charge < -0.3 is 10.6 Å². The Morgan fingerprint density at radius 2 is 2.18 bits per heavy atom. The Hall–Kier alpha value is -1.22. The molecule has 0 unspecified atom stereocenters. The number of nitrogens with zero attached hydrogens (tertiary/aromatic N) is 1. The highest BCUT2D eigenvalue weighted by Crippen LogP contribution is 2.29. The fourth-order valence-corrected chi connectivity index (χ4v) is 2.22. The molecule has 0 aromatic heterocycles. The van der Waals surface area contributed by atoms with Gasteiger partial charge in [-0.15, -0.1) is 0 Å². The van der Waals surface area contributed by atoms with Gasteiger partial charge in [0.05, 0.1) is 0 Å². The topological polar surface area (TPSA) is 46.3 Å². The van der Waals surface area contributed by atoms with Crippen LogP contribution in [0, 0.1) is 0 Å². The van der Waals surface area contributed by atoms with Crippen LogP contribution in [-0.2, 0) is 0 Å². The molecule has 0 saturated heterocycles.